The van der Waals surface area contributed by atoms with Gasteiger partial charge in [-0.1, -0.05) is 18.2 Å². The Morgan fingerprint density at radius 3 is 2.74 bits per heavy atom. The Kier molecular flexibility index (Phi) is 5.12. The summed E-state index contributed by atoms with van der Waals surface area (Å²) in [5, 5.41) is 2.99. The molecule has 0 unspecified atom stereocenters. The zero-order valence-electron chi connectivity index (χ0n) is 15.0. The van der Waals surface area contributed by atoms with Gasteiger partial charge in [0.1, 0.15) is 11.9 Å². The Balaban J connectivity index is 1.42. The van der Waals surface area contributed by atoms with Gasteiger partial charge in [0, 0.05) is 28.6 Å². The Morgan fingerprint density at radius 2 is 2.00 bits per heavy atom. The SMILES string of the molecule is CSc1ccc(C(=O)NC[C@@H]2Cc3cccc(-c4ccccn4)c3O2)cc1. The average molecular weight is 376 g/mol. The molecule has 2 aromatic carbocycles. The molecule has 0 saturated carbocycles. The van der Waals surface area contributed by atoms with Gasteiger partial charge in [0.25, 0.3) is 5.91 Å². The molecule has 1 aromatic heterocycles. The number of ether oxygens (including phenoxy) is 1. The van der Waals surface area contributed by atoms with Crippen molar-refractivity contribution in [3.05, 3.63) is 78.0 Å². The molecule has 0 bridgehead atoms. The molecule has 1 N–H and O–H groups in total. The summed E-state index contributed by atoms with van der Waals surface area (Å²) < 4.78 is 6.16. The lowest BCUT2D eigenvalue weighted by Crippen LogP contribution is -2.34. The van der Waals surface area contributed by atoms with Crippen molar-refractivity contribution in [2.24, 2.45) is 0 Å². The highest BCUT2D eigenvalue weighted by atomic mass is 32.2. The van der Waals surface area contributed by atoms with Crippen molar-refractivity contribution in [1.82, 2.24) is 10.3 Å². The third kappa shape index (κ3) is 3.83. The molecular weight excluding hydrogens is 356 g/mol. The van der Waals surface area contributed by atoms with Gasteiger partial charge in [-0.05, 0) is 54.3 Å². The van der Waals surface area contributed by atoms with E-state index < -0.39 is 0 Å². The molecule has 0 aliphatic carbocycles. The first kappa shape index (κ1) is 17.6. The van der Waals surface area contributed by atoms with Gasteiger partial charge in [-0.3, -0.25) is 9.78 Å². The van der Waals surface area contributed by atoms with E-state index in [1.54, 1.807) is 18.0 Å². The van der Waals surface area contributed by atoms with Crippen LogP contribution in [0.4, 0.5) is 0 Å². The summed E-state index contributed by atoms with van der Waals surface area (Å²) in [6.45, 7) is 0.472. The van der Waals surface area contributed by atoms with Crippen LogP contribution in [-0.4, -0.2) is 29.8 Å². The number of nitrogens with one attached hydrogen (secondary N) is 1. The maximum atomic E-state index is 12.4. The standard InChI is InChI=1S/C22H20N2O2S/c1-27-18-10-8-15(9-11-18)22(25)24-14-17-13-16-5-4-6-19(21(16)26-17)20-7-2-3-12-23-20/h2-12,17H,13-14H2,1H3,(H,24,25)/t17-/m0/s1. The summed E-state index contributed by atoms with van der Waals surface area (Å²) in [5.41, 5.74) is 3.71. The van der Waals surface area contributed by atoms with E-state index in [2.05, 4.69) is 16.4 Å². The van der Waals surface area contributed by atoms with Crippen LogP contribution in [0, 0.1) is 0 Å². The first-order chi connectivity index (χ1) is 13.2. The van der Waals surface area contributed by atoms with Gasteiger partial charge in [-0.2, -0.15) is 0 Å². The van der Waals surface area contributed by atoms with E-state index in [4.69, 9.17) is 4.74 Å². The average Bonchev–Trinajstić information content (AvgIpc) is 3.16. The molecule has 1 aliphatic heterocycles. The molecular formula is C22H20N2O2S. The van der Waals surface area contributed by atoms with Crippen molar-refractivity contribution in [2.45, 2.75) is 17.4 Å². The fourth-order valence-electron chi connectivity index (χ4n) is 3.23. The van der Waals surface area contributed by atoms with E-state index in [0.29, 0.717) is 12.1 Å². The highest BCUT2D eigenvalue weighted by molar-refractivity contribution is 7.98. The minimum atomic E-state index is -0.0767. The van der Waals surface area contributed by atoms with Crippen LogP contribution in [-0.2, 0) is 6.42 Å². The Labute approximate surface area is 163 Å². The van der Waals surface area contributed by atoms with Gasteiger partial charge in [-0.25, -0.2) is 0 Å². The summed E-state index contributed by atoms with van der Waals surface area (Å²) in [5.74, 6) is 0.798. The van der Waals surface area contributed by atoms with Gasteiger partial charge in [-0.15, -0.1) is 11.8 Å². The number of hydrogen-bond donors (Lipinski definition) is 1. The molecule has 0 fully saturated rings. The van der Waals surface area contributed by atoms with Crippen molar-refractivity contribution < 1.29 is 9.53 Å². The van der Waals surface area contributed by atoms with E-state index >= 15 is 0 Å². The fourth-order valence-corrected chi connectivity index (χ4v) is 3.64. The number of carbonyl (C=O) groups excluding carboxylic acids is 1. The van der Waals surface area contributed by atoms with Crippen LogP contribution in [0.25, 0.3) is 11.3 Å². The lowest BCUT2D eigenvalue weighted by Gasteiger charge is -2.13. The van der Waals surface area contributed by atoms with Crippen LogP contribution in [0.5, 0.6) is 5.75 Å². The molecule has 1 atom stereocenters. The van der Waals surface area contributed by atoms with E-state index in [1.165, 1.54) is 0 Å². The fraction of sp³-hybridized carbons (Fsp3) is 0.182. The lowest BCUT2D eigenvalue weighted by molar-refractivity contribution is 0.0933. The zero-order valence-corrected chi connectivity index (χ0v) is 15.8. The van der Waals surface area contributed by atoms with Crippen molar-refractivity contribution >= 4 is 17.7 Å². The number of rotatable bonds is 5. The smallest absolute Gasteiger partial charge is 0.251 e. The number of fused-ring (bicyclic) bond motifs is 1. The van der Waals surface area contributed by atoms with E-state index in [9.17, 15) is 4.79 Å². The maximum Gasteiger partial charge on any atom is 0.251 e. The molecule has 27 heavy (non-hydrogen) atoms. The quantitative estimate of drug-likeness (QED) is 0.678. The number of thioether (sulfide) groups is 1. The lowest BCUT2D eigenvalue weighted by atomic mass is 10.0. The zero-order chi connectivity index (χ0) is 18.6. The highest BCUT2D eigenvalue weighted by Crippen LogP contribution is 2.37. The third-order valence-electron chi connectivity index (χ3n) is 4.61. The Hall–Kier alpha value is -2.79. The van der Waals surface area contributed by atoms with Crippen LogP contribution >= 0.6 is 11.8 Å². The van der Waals surface area contributed by atoms with Crippen molar-refractivity contribution in [3.8, 4) is 17.0 Å². The Bertz CT molecular complexity index is 942. The molecule has 2 heterocycles. The first-order valence-electron chi connectivity index (χ1n) is 8.87. The molecule has 4 rings (SSSR count). The molecule has 5 heteroatoms. The molecule has 1 amide bonds. The highest BCUT2D eigenvalue weighted by Gasteiger charge is 2.26. The van der Waals surface area contributed by atoms with Gasteiger partial charge in [0.2, 0.25) is 0 Å². The number of hydrogen-bond acceptors (Lipinski definition) is 4. The summed E-state index contributed by atoms with van der Waals surface area (Å²) in [7, 11) is 0. The van der Waals surface area contributed by atoms with E-state index in [0.717, 1.165) is 33.9 Å². The van der Waals surface area contributed by atoms with Crippen LogP contribution in [0.15, 0.2) is 71.8 Å². The van der Waals surface area contributed by atoms with Gasteiger partial charge in [0.05, 0.1) is 12.2 Å². The number of carbonyl (C=O) groups is 1. The van der Waals surface area contributed by atoms with E-state index in [1.807, 2.05) is 60.9 Å². The van der Waals surface area contributed by atoms with Gasteiger partial charge < -0.3 is 10.1 Å². The predicted molar refractivity (Wildman–Crippen MR) is 108 cm³/mol. The number of amides is 1. The summed E-state index contributed by atoms with van der Waals surface area (Å²) in [6.07, 6.45) is 4.51. The maximum absolute atomic E-state index is 12.4. The molecule has 1 aliphatic rings. The van der Waals surface area contributed by atoms with Crippen molar-refractivity contribution in [3.63, 3.8) is 0 Å². The summed E-state index contributed by atoms with van der Waals surface area (Å²) in [6, 6.07) is 19.6. The number of benzene rings is 2. The summed E-state index contributed by atoms with van der Waals surface area (Å²) >= 11 is 1.66. The number of nitrogens with zero attached hydrogens (tertiary/aromatic N) is 1. The van der Waals surface area contributed by atoms with Crippen LogP contribution < -0.4 is 10.1 Å². The monoisotopic (exact) mass is 376 g/mol. The minimum absolute atomic E-state index is 0.0701. The van der Waals surface area contributed by atoms with Gasteiger partial charge in [0.15, 0.2) is 0 Å². The Morgan fingerprint density at radius 1 is 1.15 bits per heavy atom. The normalized spacial score (nSPS) is 15.1. The van der Waals surface area contributed by atoms with Crippen LogP contribution in [0.3, 0.4) is 0 Å². The summed E-state index contributed by atoms with van der Waals surface area (Å²) in [4.78, 5) is 17.9. The molecule has 0 saturated heterocycles. The number of para-hydroxylation sites is 1. The van der Waals surface area contributed by atoms with Crippen molar-refractivity contribution in [1.29, 1.82) is 0 Å². The number of aromatic nitrogens is 1. The molecule has 0 radical (unpaired) electrons. The van der Waals surface area contributed by atoms with Crippen LogP contribution in [0.1, 0.15) is 15.9 Å². The van der Waals surface area contributed by atoms with Gasteiger partial charge >= 0.3 is 0 Å². The molecule has 3 aromatic rings. The topological polar surface area (TPSA) is 51.2 Å². The number of pyridine rings is 1. The van der Waals surface area contributed by atoms with Crippen molar-refractivity contribution in [2.75, 3.05) is 12.8 Å². The minimum Gasteiger partial charge on any atom is -0.487 e. The molecule has 4 nitrogen and oxygen atoms in total. The second-order valence-electron chi connectivity index (χ2n) is 6.39. The first-order valence-corrected chi connectivity index (χ1v) is 10.1. The second-order valence-corrected chi connectivity index (χ2v) is 7.27. The molecule has 0 spiro atoms. The second kappa shape index (κ2) is 7.84. The van der Waals surface area contributed by atoms with Crippen LogP contribution in [0.2, 0.25) is 0 Å². The largest absolute Gasteiger partial charge is 0.487 e. The van der Waals surface area contributed by atoms with E-state index in [-0.39, 0.29) is 12.0 Å². The third-order valence-corrected chi connectivity index (χ3v) is 5.36. The predicted octanol–water partition coefficient (Wildman–Crippen LogP) is 4.20. The molecule has 136 valence electrons.